The zero-order chi connectivity index (χ0) is 19.0. The van der Waals surface area contributed by atoms with Crippen LogP contribution in [0.5, 0.6) is 0 Å². The van der Waals surface area contributed by atoms with E-state index in [4.69, 9.17) is 23.2 Å². The molecule has 3 aromatic carbocycles. The molecule has 0 fully saturated rings. The van der Waals surface area contributed by atoms with Crippen molar-refractivity contribution in [1.82, 2.24) is 9.78 Å². The van der Waals surface area contributed by atoms with Gasteiger partial charge in [0.1, 0.15) is 0 Å². The molecule has 0 bridgehead atoms. The molecule has 0 saturated carbocycles. The van der Waals surface area contributed by atoms with Gasteiger partial charge in [-0.15, -0.1) is 0 Å². The molecule has 0 radical (unpaired) electrons. The van der Waals surface area contributed by atoms with Crippen molar-refractivity contribution in [3.05, 3.63) is 94.1 Å². The maximum atomic E-state index is 10.9. The molecule has 2 unspecified atom stereocenters. The summed E-state index contributed by atoms with van der Waals surface area (Å²) < 4.78 is 1.89. The Bertz CT molecular complexity index is 1090. The van der Waals surface area contributed by atoms with Crippen molar-refractivity contribution in [2.24, 2.45) is 0 Å². The third kappa shape index (κ3) is 3.46. The van der Waals surface area contributed by atoms with Crippen LogP contribution < -0.4 is 0 Å². The van der Waals surface area contributed by atoms with E-state index in [0.717, 1.165) is 27.7 Å². The molecule has 1 heterocycles. The lowest BCUT2D eigenvalue weighted by Gasteiger charge is -2.21. The summed E-state index contributed by atoms with van der Waals surface area (Å²) in [7, 11) is 0. The van der Waals surface area contributed by atoms with Gasteiger partial charge in [0, 0.05) is 21.3 Å². The van der Waals surface area contributed by atoms with E-state index < -0.39 is 6.10 Å². The van der Waals surface area contributed by atoms with Gasteiger partial charge in [0.15, 0.2) is 0 Å². The Hall–Kier alpha value is -2.33. The number of aromatic nitrogens is 2. The highest BCUT2D eigenvalue weighted by Crippen LogP contribution is 2.36. The van der Waals surface area contributed by atoms with E-state index in [9.17, 15) is 5.11 Å². The van der Waals surface area contributed by atoms with E-state index in [2.05, 4.69) is 5.10 Å². The first-order chi connectivity index (χ1) is 13.0. The van der Waals surface area contributed by atoms with Gasteiger partial charge in [0.25, 0.3) is 0 Å². The van der Waals surface area contributed by atoms with Crippen LogP contribution in [-0.2, 0) is 0 Å². The number of hydrogen-bond donors (Lipinski definition) is 1. The summed E-state index contributed by atoms with van der Waals surface area (Å²) in [5.74, 6) is -0.170. The SMILES string of the molecule is CC(c1ccc(Cl)cc1Cl)C(O)c1ccc2c(cnn2-c2ccccc2)c1. The molecular formula is C22H18Cl2N2O. The summed E-state index contributed by atoms with van der Waals surface area (Å²) >= 11 is 12.3. The van der Waals surface area contributed by atoms with E-state index in [1.54, 1.807) is 12.1 Å². The van der Waals surface area contributed by atoms with Crippen LogP contribution in [0, 0.1) is 0 Å². The summed E-state index contributed by atoms with van der Waals surface area (Å²) in [4.78, 5) is 0. The second kappa shape index (κ2) is 7.35. The van der Waals surface area contributed by atoms with E-state index >= 15 is 0 Å². The molecule has 5 heteroatoms. The number of rotatable bonds is 4. The Morgan fingerprint density at radius 3 is 2.48 bits per heavy atom. The number of nitrogens with zero attached hydrogens (tertiary/aromatic N) is 2. The largest absolute Gasteiger partial charge is 0.388 e. The minimum atomic E-state index is -0.687. The van der Waals surface area contributed by atoms with Gasteiger partial charge in [-0.05, 0) is 47.5 Å². The molecule has 4 aromatic rings. The minimum Gasteiger partial charge on any atom is -0.388 e. The number of fused-ring (bicyclic) bond motifs is 1. The molecule has 0 aliphatic heterocycles. The van der Waals surface area contributed by atoms with Crippen LogP contribution in [0.15, 0.2) is 72.9 Å². The van der Waals surface area contributed by atoms with Crippen molar-refractivity contribution < 1.29 is 5.11 Å². The molecule has 27 heavy (non-hydrogen) atoms. The lowest BCUT2D eigenvalue weighted by Crippen LogP contribution is -2.08. The summed E-state index contributed by atoms with van der Waals surface area (Å²) in [6.07, 6.45) is 1.13. The lowest BCUT2D eigenvalue weighted by molar-refractivity contribution is 0.152. The Balaban J connectivity index is 1.68. The predicted molar refractivity (Wildman–Crippen MR) is 111 cm³/mol. The van der Waals surface area contributed by atoms with Gasteiger partial charge in [-0.25, -0.2) is 4.68 Å². The number of benzene rings is 3. The van der Waals surface area contributed by atoms with Crippen LogP contribution in [0.3, 0.4) is 0 Å². The molecule has 0 spiro atoms. The first kappa shape index (κ1) is 18.1. The summed E-state index contributed by atoms with van der Waals surface area (Å²) in [6, 6.07) is 21.2. The summed E-state index contributed by atoms with van der Waals surface area (Å²) in [5, 5.41) is 17.5. The molecule has 0 amide bonds. The fourth-order valence-electron chi connectivity index (χ4n) is 3.34. The highest BCUT2D eigenvalue weighted by Gasteiger charge is 2.21. The van der Waals surface area contributed by atoms with Gasteiger partial charge in [0.05, 0.1) is 23.5 Å². The standard InChI is InChI=1S/C22H18Cl2N2O/c1-14(19-9-8-17(23)12-20(19)24)22(27)15-7-10-21-16(11-15)13-25-26(21)18-5-3-2-4-6-18/h2-14,22,27H,1H3. The molecule has 3 nitrogen and oxygen atoms in total. The van der Waals surface area contributed by atoms with Gasteiger partial charge in [0.2, 0.25) is 0 Å². The zero-order valence-electron chi connectivity index (χ0n) is 14.7. The topological polar surface area (TPSA) is 38.1 Å². The number of para-hydroxylation sites is 1. The highest BCUT2D eigenvalue weighted by molar-refractivity contribution is 6.35. The molecular weight excluding hydrogens is 379 g/mol. The molecule has 1 N–H and O–H groups in total. The predicted octanol–water partition coefficient (Wildman–Crippen LogP) is 6.17. The van der Waals surface area contributed by atoms with E-state index in [0.29, 0.717) is 10.0 Å². The molecule has 2 atom stereocenters. The normalized spacial score (nSPS) is 13.6. The van der Waals surface area contributed by atoms with Gasteiger partial charge in [-0.3, -0.25) is 0 Å². The van der Waals surface area contributed by atoms with Crippen LogP contribution in [0.2, 0.25) is 10.0 Å². The summed E-state index contributed by atoms with van der Waals surface area (Å²) in [6.45, 7) is 1.96. The van der Waals surface area contributed by atoms with Crippen LogP contribution in [-0.4, -0.2) is 14.9 Å². The third-order valence-corrected chi connectivity index (χ3v) is 5.42. The maximum Gasteiger partial charge on any atom is 0.0856 e. The quantitative estimate of drug-likeness (QED) is 0.447. The number of aliphatic hydroxyl groups is 1. The highest BCUT2D eigenvalue weighted by atomic mass is 35.5. The van der Waals surface area contributed by atoms with Crippen molar-refractivity contribution in [3.8, 4) is 5.69 Å². The molecule has 0 saturated heterocycles. The van der Waals surface area contributed by atoms with Crippen molar-refractivity contribution in [3.63, 3.8) is 0 Å². The van der Waals surface area contributed by atoms with Crippen molar-refractivity contribution in [1.29, 1.82) is 0 Å². The van der Waals surface area contributed by atoms with Gasteiger partial charge in [-0.2, -0.15) is 5.10 Å². The first-order valence-electron chi connectivity index (χ1n) is 8.71. The number of hydrogen-bond acceptors (Lipinski definition) is 2. The molecule has 136 valence electrons. The van der Waals surface area contributed by atoms with Crippen molar-refractivity contribution >= 4 is 34.1 Å². The fourth-order valence-corrected chi connectivity index (χ4v) is 3.92. The van der Waals surface area contributed by atoms with Crippen LogP contribution in [0.4, 0.5) is 0 Å². The first-order valence-corrected chi connectivity index (χ1v) is 9.46. The van der Waals surface area contributed by atoms with Crippen LogP contribution >= 0.6 is 23.2 Å². The van der Waals surface area contributed by atoms with E-state index in [-0.39, 0.29) is 5.92 Å². The fraction of sp³-hybridized carbons (Fsp3) is 0.136. The van der Waals surface area contributed by atoms with Crippen molar-refractivity contribution in [2.45, 2.75) is 18.9 Å². The van der Waals surface area contributed by atoms with Crippen LogP contribution in [0.25, 0.3) is 16.6 Å². The second-order valence-corrected chi connectivity index (χ2v) is 7.45. The zero-order valence-corrected chi connectivity index (χ0v) is 16.2. The monoisotopic (exact) mass is 396 g/mol. The molecule has 0 aliphatic carbocycles. The van der Waals surface area contributed by atoms with Gasteiger partial charge >= 0.3 is 0 Å². The molecule has 1 aromatic heterocycles. The Morgan fingerprint density at radius 1 is 0.963 bits per heavy atom. The average molecular weight is 397 g/mol. The Morgan fingerprint density at radius 2 is 1.74 bits per heavy atom. The summed E-state index contributed by atoms with van der Waals surface area (Å²) in [5.41, 5.74) is 3.69. The lowest BCUT2D eigenvalue weighted by atomic mass is 9.90. The number of halogens is 2. The van der Waals surface area contributed by atoms with Crippen LogP contribution in [0.1, 0.15) is 30.1 Å². The van der Waals surface area contributed by atoms with E-state index in [1.165, 1.54) is 0 Å². The molecule has 4 rings (SSSR count). The van der Waals surface area contributed by atoms with Gasteiger partial charge < -0.3 is 5.11 Å². The van der Waals surface area contributed by atoms with Crippen molar-refractivity contribution in [2.75, 3.05) is 0 Å². The third-order valence-electron chi connectivity index (χ3n) is 4.86. The van der Waals surface area contributed by atoms with Gasteiger partial charge in [-0.1, -0.05) is 60.5 Å². The Labute approximate surface area is 167 Å². The number of aliphatic hydroxyl groups excluding tert-OH is 1. The maximum absolute atomic E-state index is 10.9. The second-order valence-electron chi connectivity index (χ2n) is 6.61. The Kier molecular flexibility index (Phi) is 4.92. The van der Waals surface area contributed by atoms with E-state index in [1.807, 2.05) is 72.4 Å². The minimum absolute atomic E-state index is 0.170. The molecule has 0 aliphatic rings. The average Bonchev–Trinajstić information content (AvgIpc) is 3.11. The smallest absolute Gasteiger partial charge is 0.0856 e.